The second kappa shape index (κ2) is 2.98. The summed E-state index contributed by atoms with van der Waals surface area (Å²) in [5.41, 5.74) is 0. The second-order valence-electron chi connectivity index (χ2n) is 1.92. The minimum absolute atomic E-state index is 0.107. The van der Waals surface area contributed by atoms with E-state index >= 15 is 0 Å². The SMILES string of the molecule is OC1CCOC1CI. The molecule has 2 unspecified atom stereocenters. The Bertz CT molecular complexity index is 76.8. The van der Waals surface area contributed by atoms with E-state index in [1.165, 1.54) is 0 Å². The van der Waals surface area contributed by atoms with E-state index in [4.69, 9.17) is 9.84 Å². The van der Waals surface area contributed by atoms with Crippen molar-refractivity contribution in [1.82, 2.24) is 0 Å². The molecule has 2 nitrogen and oxygen atoms in total. The van der Waals surface area contributed by atoms with Crippen molar-refractivity contribution in [1.29, 1.82) is 0 Å². The Morgan fingerprint density at radius 2 is 2.50 bits per heavy atom. The molecule has 48 valence electrons. The van der Waals surface area contributed by atoms with Crippen molar-refractivity contribution in [3.63, 3.8) is 0 Å². The molecule has 0 amide bonds. The van der Waals surface area contributed by atoms with Crippen LogP contribution in [-0.2, 0) is 4.74 Å². The summed E-state index contributed by atoms with van der Waals surface area (Å²) >= 11 is 2.22. The summed E-state index contributed by atoms with van der Waals surface area (Å²) in [5, 5.41) is 9.06. The lowest BCUT2D eigenvalue weighted by Gasteiger charge is -2.07. The molecule has 2 atom stereocenters. The second-order valence-corrected chi connectivity index (χ2v) is 2.80. The first kappa shape index (κ1) is 6.77. The molecule has 1 aliphatic rings. The Kier molecular flexibility index (Phi) is 2.52. The zero-order valence-corrected chi connectivity index (χ0v) is 6.67. The van der Waals surface area contributed by atoms with Crippen LogP contribution in [0.1, 0.15) is 6.42 Å². The molecule has 0 aromatic carbocycles. The fourth-order valence-corrected chi connectivity index (χ4v) is 1.63. The molecule has 3 heteroatoms. The average molecular weight is 228 g/mol. The van der Waals surface area contributed by atoms with Crippen molar-refractivity contribution in [2.24, 2.45) is 0 Å². The predicted molar refractivity (Wildman–Crippen MR) is 39.3 cm³/mol. The highest BCUT2D eigenvalue weighted by atomic mass is 127. The van der Waals surface area contributed by atoms with Gasteiger partial charge in [0.25, 0.3) is 0 Å². The third kappa shape index (κ3) is 1.33. The Balaban J connectivity index is 2.30. The van der Waals surface area contributed by atoms with Crippen LogP contribution < -0.4 is 0 Å². The Labute approximate surface area is 62.4 Å². The van der Waals surface area contributed by atoms with Gasteiger partial charge in [0.05, 0.1) is 12.2 Å². The number of hydrogen-bond donors (Lipinski definition) is 1. The maximum absolute atomic E-state index is 9.06. The molecular formula is C5H9IO2. The average Bonchev–Trinajstić information content (AvgIpc) is 2.14. The standard InChI is InChI=1S/C5H9IO2/c6-3-5-4(7)1-2-8-5/h4-5,7H,1-3H2. The molecule has 1 rings (SSSR count). The van der Waals surface area contributed by atoms with Crippen LogP contribution in [0.5, 0.6) is 0 Å². The van der Waals surface area contributed by atoms with Gasteiger partial charge in [0.1, 0.15) is 0 Å². The first-order chi connectivity index (χ1) is 3.84. The number of aliphatic hydroxyl groups is 1. The van der Waals surface area contributed by atoms with E-state index in [2.05, 4.69) is 22.6 Å². The van der Waals surface area contributed by atoms with E-state index in [9.17, 15) is 0 Å². The van der Waals surface area contributed by atoms with Gasteiger partial charge in [-0.3, -0.25) is 0 Å². The van der Waals surface area contributed by atoms with Gasteiger partial charge < -0.3 is 9.84 Å². The third-order valence-electron chi connectivity index (χ3n) is 1.33. The molecule has 1 saturated heterocycles. The Morgan fingerprint density at radius 3 is 2.75 bits per heavy atom. The third-order valence-corrected chi connectivity index (χ3v) is 2.19. The lowest BCUT2D eigenvalue weighted by Crippen LogP contribution is -2.21. The summed E-state index contributed by atoms with van der Waals surface area (Å²) in [7, 11) is 0. The minimum Gasteiger partial charge on any atom is -0.390 e. The summed E-state index contributed by atoms with van der Waals surface area (Å²) in [6.07, 6.45) is 0.718. The minimum atomic E-state index is -0.202. The molecule has 1 fully saturated rings. The molecule has 8 heavy (non-hydrogen) atoms. The van der Waals surface area contributed by atoms with E-state index in [-0.39, 0.29) is 12.2 Å². The Hall–Kier alpha value is 0.650. The highest BCUT2D eigenvalue weighted by Crippen LogP contribution is 2.14. The number of hydrogen-bond acceptors (Lipinski definition) is 2. The van der Waals surface area contributed by atoms with Gasteiger partial charge in [0, 0.05) is 11.0 Å². The molecule has 0 bridgehead atoms. The molecule has 1 N–H and O–H groups in total. The number of rotatable bonds is 1. The van der Waals surface area contributed by atoms with Crippen molar-refractivity contribution in [3.8, 4) is 0 Å². The molecule has 0 saturated carbocycles. The van der Waals surface area contributed by atoms with Crippen molar-refractivity contribution in [2.75, 3.05) is 11.0 Å². The van der Waals surface area contributed by atoms with Gasteiger partial charge in [-0.25, -0.2) is 0 Å². The summed E-state index contributed by atoms with van der Waals surface area (Å²) < 4.78 is 6.06. The topological polar surface area (TPSA) is 29.5 Å². The van der Waals surface area contributed by atoms with Gasteiger partial charge in [0.2, 0.25) is 0 Å². The van der Waals surface area contributed by atoms with Gasteiger partial charge in [-0.05, 0) is 6.42 Å². The smallest absolute Gasteiger partial charge is 0.0923 e. The molecular weight excluding hydrogens is 219 g/mol. The van der Waals surface area contributed by atoms with Crippen LogP contribution in [0.3, 0.4) is 0 Å². The van der Waals surface area contributed by atoms with E-state index < -0.39 is 0 Å². The summed E-state index contributed by atoms with van der Waals surface area (Å²) in [6, 6.07) is 0. The lowest BCUT2D eigenvalue weighted by atomic mass is 10.2. The zero-order valence-electron chi connectivity index (χ0n) is 4.51. The quantitative estimate of drug-likeness (QED) is 0.525. The fraction of sp³-hybridized carbons (Fsp3) is 1.00. The van der Waals surface area contributed by atoms with E-state index in [0.717, 1.165) is 17.5 Å². The normalized spacial score (nSPS) is 38.2. The number of alkyl halides is 1. The van der Waals surface area contributed by atoms with Gasteiger partial charge in [-0.2, -0.15) is 0 Å². The van der Waals surface area contributed by atoms with Crippen LogP contribution in [0.15, 0.2) is 0 Å². The number of ether oxygens (including phenoxy) is 1. The largest absolute Gasteiger partial charge is 0.390 e. The van der Waals surface area contributed by atoms with Crippen LogP contribution in [-0.4, -0.2) is 28.3 Å². The van der Waals surface area contributed by atoms with Gasteiger partial charge in [0.15, 0.2) is 0 Å². The van der Waals surface area contributed by atoms with E-state index in [1.807, 2.05) is 0 Å². The maximum Gasteiger partial charge on any atom is 0.0923 e. The van der Waals surface area contributed by atoms with Gasteiger partial charge >= 0.3 is 0 Å². The lowest BCUT2D eigenvalue weighted by molar-refractivity contribution is 0.0608. The van der Waals surface area contributed by atoms with Crippen molar-refractivity contribution >= 4 is 22.6 Å². The van der Waals surface area contributed by atoms with Gasteiger partial charge in [-0.15, -0.1) is 0 Å². The van der Waals surface area contributed by atoms with Crippen LogP contribution in [0, 0.1) is 0 Å². The van der Waals surface area contributed by atoms with Crippen LogP contribution in [0.2, 0.25) is 0 Å². The Morgan fingerprint density at radius 1 is 1.75 bits per heavy atom. The molecule has 0 aromatic rings. The molecule has 0 aromatic heterocycles. The fourth-order valence-electron chi connectivity index (χ4n) is 0.785. The monoisotopic (exact) mass is 228 g/mol. The highest BCUT2D eigenvalue weighted by molar-refractivity contribution is 14.1. The molecule has 0 aliphatic carbocycles. The molecule has 1 aliphatic heterocycles. The first-order valence-corrected chi connectivity index (χ1v) is 4.23. The van der Waals surface area contributed by atoms with Crippen LogP contribution in [0.25, 0.3) is 0 Å². The molecule has 1 heterocycles. The zero-order chi connectivity index (χ0) is 5.98. The predicted octanol–water partition coefficient (Wildman–Crippen LogP) is 0.571. The summed E-state index contributed by atoms with van der Waals surface area (Å²) in [6.45, 7) is 0.731. The van der Waals surface area contributed by atoms with E-state index in [1.54, 1.807) is 0 Å². The summed E-state index contributed by atoms with van der Waals surface area (Å²) in [4.78, 5) is 0. The molecule has 0 radical (unpaired) electrons. The number of halogens is 1. The number of aliphatic hydroxyl groups excluding tert-OH is 1. The van der Waals surface area contributed by atoms with Crippen LogP contribution >= 0.6 is 22.6 Å². The van der Waals surface area contributed by atoms with E-state index in [0.29, 0.717) is 0 Å². The van der Waals surface area contributed by atoms with Crippen LogP contribution in [0.4, 0.5) is 0 Å². The maximum atomic E-state index is 9.06. The first-order valence-electron chi connectivity index (χ1n) is 2.70. The van der Waals surface area contributed by atoms with Crippen molar-refractivity contribution < 1.29 is 9.84 Å². The van der Waals surface area contributed by atoms with Gasteiger partial charge in [-0.1, -0.05) is 22.6 Å². The van der Waals surface area contributed by atoms with Crippen molar-refractivity contribution in [2.45, 2.75) is 18.6 Å². The molecule has 0 spiro atoms. The highest BCUT2D eigenvalue weighted by Gasteiger charge is 2.24. The van der Waals surface area contributed by atoms with Crippen molar-refractivity contribution in [3.05, 3.63) is 0 Å². The summed E-state index contributed by atoms with van der Waals surface area (Å²) in [5.74, 6) is 0.